The first-order valence-electron chi connectivity index (χ1n) is 6.23. The predicted octanol–water partition coefficient (Wildman–Crippen LogP) is 3.01. The number of carbonyl (C=O) groups is 1. The topological polar surface area (TPSA) is 40.5 Å². The van der Waals surface area contributed by atoms with Crippen LogP contribution >= 0.6 is 0 Å². The molecule has 0 aliphatic carbocycles. The van der Waals surface area contributed by atoms with Gasteiger partial charge in [-0.15, -0.1) is 0 Å². The minimum atomic E-state index is -0.919. The average Bonchev–Trinajstić information content (AvgIpc) is 2.35. The molecule has 0 saturated heterocycles. The molecule has 3 heteroatoms. The second kappa shape index (κ2) is 6.97. The van der Waals surface area contributed by atoms with E-state index in [0.717, 1.165) is 24.6 Å². The van der Waals surface area contributed by atoms with Gasteiger partial charge in [0.25, 0.3) is 0 Å². The van der Waals surface area contributed by atoms with Gasteiger partial charge in [-0.05, 0) is 37.6 Å². The maximum absolute atomic E-state index is 10.5. The van der Waals surface area contributed by atoms with E-state index in [0.29, 0.717) is 6.04 Å². The average molecular weight is 247 g/mol. The van der Waals surface area contributed by atoms with E-state index in [9.17, 15) is 4.79 Å². The third-order valence-electron chi connectivity index (χ3n) is 3.14. The van der Waals surface area contributed by atoms with Crippen LogP contribution in [0.5, 0.6) is 0 Å². The Morgan fingerprint density at radius 3 is 2.83 bits per heavy atom. The second-order valence-corrected chi connectivity index (χ2v) is 4.59. The Balaban J connectivity index is 2.73. The summed E-state index contributed by atoms with van der Waals surface area (Å²) in [5.74, 6) is -0.919. The zero-order valence-corrected chi connectivity index (χ0v) is 11.3. The van der Waals surface area contributed by atoms with Gasteiger partial charge < -0.3 is 5.11 Å². The van der Waals surface area contributed by atoms with Crippen molar-refractivity contribution < 1.29 is 9.90 Å². The van der Waals surface area contributed by atoms with Gasteiger partial charge in [0, 0.05) is 18.7 Å². The fourth-order valence-corrected chi connectivity index (χ4v) is 1.72. The summed E-state index contributed by atoms with van der Waals surface area (Å²) in [6.07, 6.45) is 3.90. The van der Waals surface area contributed by atoms with Gasteiger partial charge in [0.15, 0.2) is 0 Å². The van der Waals surface area contributed by atoms with Crippen LogP contribution in [0.25, 0.3) is 6.08 Å². The molecular formula is C15H21NO2. The van der Waals surface area contributed by atoms with Crippen molar-refractivity contribution in [1.82, 2.24) is 4.90 Å². The third kappa shape index (κ3) is 4.72. The van der Waals surface area contributed by atoms with Crippen LogP contribution in [0.3, 0.4) is 0 Å². The van der Waals surface area contributed by atoms with Gasteiger partial charge in [0.1, 0.15) is 0 Å². The molecule has 1 atom stereocenters. The van der Waals surface area contributed by atoms with Crippen molar-refractivity contribution in [3.63, 3.8) is 0 Å². The van der Waals surface area contributed by atoms with E-state index in [1.54, 1.807) is 6.08 Å². The summed E-state index contributed by atoms with van der Waals surface area (Å²) in [6, 6.07) is 8.51. The molecule has 3 nitrogen and oxygen atoms in total. The van der Waals surface area contributed by atoms with Gasteiger partial charge in [-0.1, -0.05) is 31.2 Å². The van der Waals surface area contributed by atoms with Gasteiger partial charge in [-0.3, -0.25) is 4.90 Å². The zero-order valence-electron chi connectivity index (χ0n) is 11.3. The Morgan fingerprint density at radius 1 is 1.50 bits per heavy atom. The standard InChI is InChI=1S/C15H21NO2/c1-4-12(2)16(3)11-14-7-5-6-13(10-14)8-9-15(17)18/h5-10,12H,4,11H2,1-3H3,(H,17,18)/b9-8+. The Hall–Kier alpha value is -1.61. The summed E-state index contributed by atoms with van der Waals surface area (Å²) < 4.78 is 0. The molecule has 0 amide bonds. The van der Waals surface area contributed by atoms with E-state index >= 15 is 0 Å². The molecule has 1 aromatic rings. The molecule has 0 aliphatic rings. The van der Waals surface area contributed by atoms with Crippen molar-refractivity contribution in [2.45, 2.75) is 32.9 Å². The Bertz CT molecular complexity index is 426. The fraction of sp³-hybridized carbons (Fsp3) is 0.400. The summed E-state index contributed by atoms with van der Waals surface area (Å²) in [7, 11) is 2.11. The van der Waals surface area contributed by atoms with Crippen molar-refractivity contribution in [3.05, 3.63) is 41.5 Å². The minimum Gasteiger partial charge on any atom is -0.478 e. The van der Waals surface area contributed by atoms with Crippen molar-refractivity contribution in [2.75, 3.05) is 7.05 Å². The van der Waals surface area contributed by atoms with Gasteiger partial charge in [-0.2, -0.15) is 0 Å². The number of benzene rings is 1. The molecule has 1 aromatic carbocycles. The number of carboxylic acids is 1. The minimum absolute atomic E-state index is 0.545. The molecule has 0 heterocycles. The third-order valence-corrected chi connectivity index (χ3v) is 3.14. The summed E-state index contributed by atoms with van der Waals surface area (Å²) in [5.41, 5.74) is 2.12. The lowest BCUT2D eigenvalue weighted by Crippen LogP contribution is -2.27. The van der Waals surface area contributed by atoms with Crippen LogP contribution in [0.2, 0.25) is 0 Å². The van der Waals surface area contributed by atoms with Crippen LogP contribution in [0.15, 0.2) is 30.3 Å². The highest BCUT2D eigenvalue weighted by molar-refractivity contribution is 5.85. The molecule has 0 saturated carbocycles. The van der Waals surface area contributed by atoms with Crippen molar-refractivity contribution in [3.8, 4) is 0 Å². The molecule has 0 aliphatic heterocycles. The van der Waals surface area contributed by atoms with Crippen molar-refractivity contribution in [1.29, 1.82) is 0 Å². The number of nitrogens with zero attached hydrogens (tertiary/aromatic N) is 1. The number of hydrogen-bond donors (Lipinski definition) is 1. The summed E-state index contributed by atoms with van der Waals surface area (Å²) in [6.45, 7) is 5.26. The van der Waals surface area contributed by atoms with Crippen LogP contribution in [0.1, 0.15) is 31.4 Å². The number of rotatable bonds is 6. The molecule has 0 fully saturated rings. The Labute approximate surface area is 109 Å². The van der Waals surface area contributed by atoms with Crippen LogP contribution in [-0.4, -0.2) is 29.1 Å². The Kier molecular flexibility index (Phi) is 5.59. The molecule has 1 unspecified atom stereocenters. The SMILES string of the molecule is CCC(C)N(C)Cc1cccc(/C=C/C(=O)O)c1. The highest BCUT2D eigenvalue weighted by Gasteiger charge is 2.07. The second-order valence-electron chi connectivity index (χ2n) is 4.59. The molecule has 1 N–H and O–H groups in total. The normalized spacial score (nSPS) is 13.1. The van der Waals surface area contributed by atoms with E-state index in [1.807, 2.05) is 18.2 Å². The maximum atomic E-state index is 10.5. The zero-order chi connectivity index (χ0) is 13.5. The lowest BCUT2D eigenvalue weighted by atomic mass is 10.1. The first-order chi connectivity index (χ1) is 8.52. The van der Waals surface area contributed by atoms with Crippen LogP contribution in [-0.2, 0) is 11.3 Å². The van der Waals surface area contributed by atoms with E-state index < -0.39 is 5.97 Å². The first-order valence-corrected chi connectivity index (χ1v) is 6.23. The van der Waals surface area contributed by atoms with Gasteiger partial charge >= 0.3 is 5.97 Å². The highest BCUT2D eigenvalue weighted by Crippen LogP contribution is 2.11. The molecule has 98 valence electrons. The molecular weight excluding hydrogens is 226 g/mol. The summed E-state index contributed by atoms with van der Waals surface area (Å²) in [5, 5.41) is 8.60. The van der Waals surface area contributed by atoms with E-state index in [4.69, 9.17) is 5.11 Å². The molecule has 18 heavy (non-hydrogen) atoms. The maximum Gasteiger partial charge on any atom is 0.328 e. The van der Waals surface area contributed by atoms with E-state index in [2.05, 4.69) is 31.9 Å². The van der Waals surface area contributed by atoms with Crippen LogP contribution in [0.4, 0.5) is 0 Å². The quantitative estimate of drug-likeness (QED) is 0.786. The number of hydrogen-bond acceptors (Lipinski definition) is 2. The van der Waals surface area contributed by atoms with E-state index in [-0.39, 0.29) is 0 Å². The Morgan fingerprint density at radius 2 is 2.22 bits per heavy atom. The van der Waals surface area contributed by atoms with Gasteiger partial charge in [0.05, 0.1) is 0 Å². The van der Waals surface area contributed by atoms with Crippen molar-refractivity contribution in [2.24, 2.45) is 0 Å². The first kappa shape index (κ1) is 14.5. The van der Waals surface area contributed by atoms with E-state index in [1.165, 1.54) is 5.56 Å². The van der Waals surface area contributed by atoms with Crippen molar-refractivity contribution >= 4 is 12.0 Å². The summed E-state index contributed by atoms with van der Waals surface area (Å²) >= 11 is 0. The lowest BCUT2D eigenvalue weighted by Gasteiger charge is -2.23. The lowest BCUT2D eigenvalue weighted by molar-refractivity contribution is -0.131. The monoisotopic (exact) mass is 247 g/mol. The van der Waals surface area contributed by atoms with Gasteiger partial charge in [0.2, 0.25) is 0 Å². The smallest absolute Gasteiger partial charge is 0.328 e. The molecule has 1 rings (SSSR count). The van der Waals surface area contributed by atoms with Gasteiger partial charge in [-0.25, -0.2) is 4.79 Å². The number of aliphatic carboxylic acids is 1. The summed E-state index contributed by atoms with van der Waals surface area (Å²) in [4.78, 5) is 12.8. The van der Waals surface area contributed by atoms with Crippen LogP contribution < -0.4 is 0 Å². The highest BCUT2D eigenvalue weighted by atomic mass is 16.4. The predicted molar refractivity (Wildman–Crippen MR) is 74.3 cm³/mol. The molecule has 0 radical (unpaired) electrons. The molecule has 0 spiro atoms. The largest absolute Gasteiger partial charge is 0.478 e. The molecule has 0 aromatic heterocycles. The number of carboxylic acid groups (broad SMARTS) is 1. The van der Waals surface area contributed by atoms with Crippen LogP contribution in [0, 0.1) is 0 Å². The fourth-order valence-electron chi connectivity index (χ4n) is 1.72. The molecule has 0 bridgehead atoms.